The first kappa shape index (κ1) is 93.7. The number of hydrogen-bond donors (Lipinski definition) is 0. The van der Waals surface area contributed by atoms with E-state index in [0.717, 1.165) is 103 Å². The van der Waals surface area contributed by atoms with Crippen molar-refractivity contribution in [3.8, 4) is 0 Å². The minimum Gasteiger partial charge on any atom is -0.756 e. The molecule has 0 amide bonds. The van der Waals surface area contributed by atoms with Gasteiger partial charge < -0.3 is 27.9 Å². The third-order valence-corrected chi connectivity index (χ3v) is 19.0. The summed E-state index contributed by atoms with van der Waals surface area (Å²) in [5.41, 5.74) is 0. The topological polar surface area (TPSA) is 111 Å². The highest BCUT2D eigenvalue weighted by atomic mass is 31.2. The van der Waals surface area contributed by atoms with Gasteiger partial charge in [0, 0.05) is 12.8 Å². The number of carbonyl (C=O) groups is 2. The predicted molar refractivity (Wildman–Crippen MR) is 420 cm³/mol. The normalized spacial score (nSPS) is 13.6. The molecule has 562 valence electrons. The highest BCUT2D eigenvalue weighted by molar-refractivity contribution is 7.45. The molecule has 0 fully saturated rings. The molecule has 0 aliphatic heterocycles. The highest BCUT2D eigenvalue weighted by Gasteiger charge is 2.22. The Morgan fingerprint density at radius 2 is 0.588 bits per heavy atom. The van der Waals surface area contributed by atoms with Gasteiger partial charge in [-0.2, -0.15) is 0 Å². The number of rotatable bonds is 76. The lowest BCUT2D eigenvalue weighted by atomic mass is 10.0. The number of unbranched alkanes of at least 4 members (excludes halogenated alkanes) is 44. The number of allylic oxidation sites excluding steroid dienone is 18. The van der Waals surface area contributed by atoms with Gasteiger partial charge >= 0.3 is 11.9 Å². The van der Waals surface area contributed by atoms with E-state index in [-0.39, 0.29) is 32.0 Å². The van der Waals surface area contributed by atoms with Crippen LogP contribution in [0.4, 0.5) is 0 Å². The Bertz CT molecular complexity index is 2010. The summed E-state index contributed by atoms with van der Waals surface area (Å²) >= 11 is 0. The molecule has 0 aliphatic carbocycles. The molecular formula is C87H156NO8P. The van der Waals surface area contributed by atoms with Crippen LogP contribution >= 0.6 is 7.82 Å². The van der Waals surface area contributed by atoms with E-state index >= 15 is 0 Å². The van der Waals surface area contributed by atoms with Gasteiger partial charge in [0.05, 0.1) is 27.7 Å². The molecule has 0 aromatic rings. The zero-order chi connectivity index (χ0) is 70.4. The van der Waals surface area contributed by atoms with Crippen LogP contribution in [0.25, 0.3) is 0 Å². The minimum absolute atomic E-state index is 0.0335. The van der Waals surface area contributed by atoms with E-state index in [1.165, 1.54) is 244 Å². The maximum Gasteiger partial charge on any atom is 0.306 e. The van der Waals surface area contributed by atoms with Gasteiger partial charge in [0.15, 0.2) is 6.10 Å². The van der Waals surface area contributed by atoms with Crippen LogP contribution in [0, 0.1) is 0 Å². The van der Waals surface area contributed by atoms with Gasteiger partial charge in [0.25, 0.3) is 7.82 Å². The summed E-state index contributed by atoms with van der Waals surface area (Å²) in [5.74, 6) is -0.824. The first-order valence-corrected chi connectivity index (χ1v) is 42.6. The minimum atomic E-state index is -4.65. The Hall–Kier alpha value is -3.33. The Balaban J connectivity index is 3.98. The molecule has 9 nitrogen and oxygen atoms in total. The summed E-state index contributed by atoms with van der Waals surface area (Å²) in [5, 5.41) is 0. The van der Waals surface area contributed by atoms with Gasteiger partial charge in [-0.1, -0.05) is 393 Å². The number of phosphoric ester groups is 1. The maximum atomic E-state index is 12.9. The van der Waals surface area contributed by atoms with Crippen LogP contribution in [0.15, 0.2) is 109 Å². The van der Waals surface area contributed by atoms with Crippen molar-refractivity contribution in [2.75, 3.05) is 47.5 Å². The van der Waals surface area contributed by atoms with Gasteiger partial charge in [-0.15, -0.1) is 0 Å². The smallest absolute Gasteiger partial charge is 0.306 e. The second kappa shape index (κ2) is 76.8. The lowest BCUT2D eigenvalue weighted by Gasteiger charge is -2.28. The second-order valence-corrected chi connectivity index (χ2v) is 30.2. The summed E-state index contributed by atoms with van der Waals surface area (Å²) in [7, 11) is 1.17. The van der Waals surface area contributed by atoms with Crippen LogP contribution in [0.3, 0.4) is 0 Å². The molecule has 97 heavy (non-hydrogen) atoms. The molecule has 0 aromatic heterocycles. The zero-order valence-electron chi connectivity index (χ0n) is 64.3. The van der Waals surface area contributed by atoms with Gasteiger partial charge in [0.2, 0.25) is 0 Å². The van der Waals surface area contributed by atoms with E-state index in [9.17, 15) is 19.0 Å². The monoisotopic (exact) mass is 1370 g/mol. The number of phosphoric acid groups is 1. The lowest BCUT2D eigenvalue weighted by Crippen LogP contribution is -2.37. The van der Waals surface area contributed by atoms with E-state index in [1.54, 1.807) is 0 Å². The molecular weight excluding hydrogens is 1220 g/mol. The van der Waals surface area contributed by atoms with Gasteiger partial charge in [-0.05, 0) is 83.5 Å². The first-order valence-electron chi connectivity index (χ1n) is 41.1. The number of ether oxygens (including phenoxy) is 2. The van der Waals surface area contributed by atoms with Crippen LogP contribution < -0.4 is 4.89 Å². The molecule has 0 bridgehead atoms. The quantitative estimate of drug-likeness (QED) is 0.0195. The number of quaternary nitrogens is 1. The summed E-state index contributed by atoms with van der Waals surface area (Å²) < 4.78 is 34.4. The van der Waals surface area contributed by atoms with Crippen molar-refractivity contribution in [2.45, 2.75) is 386 Å². The molecule has 0 aromatic carbocycles. The van der Waals surface area contributed by atoms with E-state index in [4.69, 9.17) is 18.5 Å². The second-order valence-electron chi connectivity index (χ2n) is 28.8. The molecule has 0 N–H and O–H groups in total. The van der Waals surface area contributed by atoms with Crippen LogP contribution in [-0.2, 0) is 32.7 Å². The van der Waals surface area contributed by atoms with Crippen molar-refractivity contribution in [2.24, 2.45) is 0 Å². The summed E-state index contributed by atoms with van der Waals surface area (Å²) in [4.78, 5) is 38.2. The van der Waals surface area contributed by atoms with Crippen molar-refractivity contribution in [3.05, 3.63) is 109 Å². The fourth-order valence-corrected chi connectivity index (χ4v) is 12.6. The molecule has 2 unspecified atom stereocenters. The standard InChI is InChI=1S/C87H156NO8P/c1-6-8-10-12-14-16-18-20-22-24-26-28-30-32-34-36-38-40-42-43-44-45-46-48-50-52-54-56-58-60-62-64-66-68-70-72-74-76-78-80-87(90)96-85(84-95-97(91,92)94-82-81-88(3,4)5)83-93-86(89)79-77-75-73-71-69-67-65-63-61-59-57-55-53-51-49-47-41-39-37-35-33-31-29-27-25-23-21-19-17-15-13-11-9-7-2/h8,10,14,16,20,22,26,28,32,34,38,40,43-44,46,48,52,54,85H,6-7,9,11-13,15,17-19,21,23-25,27,29-31,33,35-37,39,41-42,45,47,49-51,53,55-84H2,1-5H3/b10-8-,16-14-,22-20-,28-26-,34-32-,40-38-,44-43-,48-46-,54-52-. The van der Waals surface area contributed by atoms with E-state index in [1.807, 2.05) is 21.1 Å². The zero-order valence-corrected chi connectivity index (χ0v) is 65.2. The summed E-state index contributed by atoms with van der Waals surface area (Å²) in [6, 6.07) is 0. The first-order chi connectivity index (χ1) is 47.5. The van der Waals surface area contributed by atoms with Crippen molar-refractivity contribution < 1.29 is 42.1 Å². The van der Waals surface area contributed by atoms with Crippen molar-refractivity contribution in [1.29, 1.82) is 0 Å². The SMILES string of the molecule is CC/C=C\C/C=C\C/C=C\C/C=C\C/C=C\C/C=C\C/C=C\C/C=C\C/C=C\CCCCCCCCCCCCCC(=O)OC(COC(=O)CCCCCCCCCCCCCCCCCCCCCCCCCCCCCCCCCCCC)COP(=O)([O-])OCC[N+](C)(C)C. The average Bonchev–Trinajstić information content (AvgIpc) is 1.69. The largest absolute Gasteiger partial charge is 0.756 e. The average molecular weight is 1380 g/mol. The highest BCUT2D eigenvalue weighted by Crippen LogP contribution is 2.38. The van der Waals surface area contributed by atoms with Gasteiger partial charge in [0.1, 0.15) is 19.8 Å². The van der Waals surface area contributed by atoms with Crippen molar-refractivity contribution >= 4 is 19.8 Å². The van der Waals surface area contributed by atoms with Crippen LogP contribution in [-0.4, -0.2) is 70.0 Å². The molecule has 0 aliphatic rings. The lowest BCUT2D eigenvalue weighted by molar-refractivity contribution is -0.870. The van der Waals surface area contributed by atoms with E-state index in [2.05, 4.69) is 123 Å². The number of hydrogen-bond acceptors (Lipinski definition) is 8. The molecule has 0 spiro atoms. The Morgan fingerprint density at radius 1 is 0.330 bits per heavy atom. The van der Waals surface area contributed by atoms with Crippen molar-refractivity contribution in [3.63, 3.8) is 0 Å². The predicted octanol–water partition coefficient (Wildman–Crippen LogP) is 26.9. The van der Waals surface area contributed by atoms with Crippen LogP contribution in [0.1, 0.15) is 380 Å². The third kappa shape index (κ3) is 81.5. The molecule has 0 saturated carbocycles. The third-order valence-electron chi connectivity index (χ3n) is 18.1. The number of carbonyl (C=O) groups excluding carboxylic acids is 2. The Morgan fingerprint density at radius 3 is 0.876 bits per heavy atom. The fraction of sp³-hybridized carbons (Fsp3) is 0.770. The Kier molecular flexibility index (Phi) is 74.2. The van der Waals surface area contributed by atoms with E-state index < -0.39 is 26.5 Å². The molecule has 0 radical (unpaired) electrons. The number of nitrogens with zero attached hydrogens (tertiary/aromatic N) is 1. The van der Waals surface area contributed by atoms with Crippen LogP contribution in [0.2, 0.25) is 0 Å². The summed E-state index contributed by atoms with van der Waals surface area (Å²) in [6.45, 7) is 4.17. The fourth-order valence-electron chi connectivity index (χ4n) is 11.8. The molecule has 2 atom stereocenters. The molecule has 0 rings (SSSR count). The molecule has 0 saturated heterocycles. The molecule has 10 heteroatoms. The number of likely N-dealkylation sites (N-methyl/N-ethyl adjacent to an activating group) is 1. The Labute approximate surface area is 601 Å². The maximum absolute atomic E-state index is 12.9. The summed E-state index contributed by atoms with van der Waals surface area (Å²) in [6.07, 6.45) is 109. The van der Waals surface area contributed by atoms with Gasteiger partial charge in [-0.3, -0.25) is 14.2 Å². The van der Waals surface area contributed by atoms with Gasteiger partial charge in [-0.25, -0.2) is 0 Å². The van der Waals surface area contributed by atoms with Crippen molar-refractivity contribution in [1.82, 2.24) is 0 Å². The van der Waals surface area contributed by atoms with E-state index in [0.29, 0.717) is 17.4 Å². The van der Waals surface area contributed by atoms with Crippen LogP contribution in [0.5, 0.6) is 0 Å². The molecule has 0 heterocycles. The number of esters is 2.